The van der Waals surface area contributed by atoms with Crippen molar-refractivity contribution in [2.24, 2.45) is 0 Å². The molecular formula is C28H23N3O3S. The number of hydrogen-bond donors (Lipinski definition) is 2. The molecule has 0 bridgehead atoms. The monoisotopic (exact) mass is 481 g/mol. The van der Waals surface area contributed by atoms with E-state index in [1.807, 2.05) is 72.8 Å². The average Bonchev–Trinajstić information content (AvgIpc) is 3.31. The number of nitrogens with zero attached hydrogens (tertiary/aromatic N) is 1. The van der Waals surface area contributed by atoms with Crippen molar-refractivity contribution in [3.05, 3.63) is 90.0 Å². The highest BCUT2D eigenvalue weighted by atomic mass is 32.1. The van der Waals surface area contributed by atoms with E-state index in [2.05, 4.69) is 22.5 Å². The maximum atomic E-state index is 12.9. The lowest BCUT2D eigenvalue weighted by Gasteiger charge is -2.13. The molecule has 174 valence electrons. The molecule has 0 unspecified atom stereocenters. The third-order valence-corrected chi connectivity index (χ3v) is 5.99. The number of oxazole rings is 1. The average molecular weight is 482 g/mol. The van der Waals surface area contributed by atoms with Crippen LogP contribution in [0, 0.1) is 0 Å². The number of ether oxygens (including phenoxy) is 1. The van der Waals surface area contributed by atoms with Gasteiger partial charge in [-0.3, -0.25) is 10.1 Å². The van der Waals surface area contributed by atoms with Gasteiger partial charge in [-0.15, -0.1) is 0 Å². The number of methoxy groups -OCH3 is 1. The summed E-state index contributed by atoms with van der Waals surface area (Å²) in [6.07, 6.45) is 0.947. The normalized spacial score (nSPS) is 10.9. The fraction of sp³-hybridized carbons (Fsp3) is 0.107. The Labute approximate surface area is 207 Å². The van der Waals surface area contributed by atoms with Gasteiger partial charge in [0.2, 0.25) is 5.89 Å². The maximum Gasteiger partial charge on any atom is 0.261 e. The lowest BCUT2D eigenvalue weighted by Crippen LogP contribution is -2.34. The van der Waals surface area contributed by atoms with Gasteiger partial charge in [-0.1, -0.05) is 37.3 Å². The molecule has 5 rings (SSSR count). The number of hydrogen-bond acceptors (Lipinski definition) is 5. The van der Waals surface area contributed by atoms with E-state index in [0.717, 1.165) is 39.5 Å². The smallest absolute Gasteiger partial charge is 0.261 e. The lowest BCUT2D eigenvalue weighted by atomic mass is 10.1. The van der Waals surface area contributed by atoms with Crippen molar-refractivity contribution in [2.45, 2.75) is 13.3 Å². The highest BCUT2D eigenvalue weighted by Crippen LogP contribution is 2.27. The first-order valence-electron chi connectivity index (χ1n) is 11.2. The predicted molar refractivity (Wildman–Crippen MR) is 143 cm³/mol. The molecule has 0 spiro atoms. The van der Waals surface area contributed by atoms with Gasteiger partial charge in [0.05, 0.1) is 12.7 Å². The van der Waals surface area contributed by atoms with Crippen LogP contribution in [0.3, 0.4) is 0 Å². The summed E-state index contributed by atoms with van der Waals surface area (Å²) >= 11 is 5.37. The number of thiocarbonyl (C=S) groups is 1. The van der Waals surface area contributed by atoms with Gasteiger partial charge in [0.15, 0.2) is 10.7 Å². The fourth-order valence-corrected chi connectivity index (χ4v) is 4.12. The van der Waals surface area contributed by atoms with E-state index in [-0.39, 0.29) is 11.0 Å². The number of carbonyl (C=O) groups is 1. The van der Waals surface area contributed by atoms with Gasteiger partial charge in [0.1, 0.15) is 11.3 Å². The molecule has 2 N–H and O–H groups in total. The number of nitrogens with one attached hydrogen (secondary N) is 2. The number of rotatable bonds is 5. The number of amides is 1. The summed E-state index contributed by atoms with van der Waals surface area (Å²) in [5.74, 6) is 0.691. The van der Waals surface area contributed by atoms with E-state index < -0.39 is 0 Å². The van der Waals surface area contributed by atoms with Crippen LogP contribution in [0.25, 0.3) is 33.3 Å². The second kappa shape index (κ2) is 9.56. The van der Waals surface area contributed by atoms with E-state index in [1.165, 1.54) is 5.56 Å². The SMILES string of the molecule is CCc1ccc2oc(-c3ccc(NC(=S)NC(=O)c4cc5ccccc5cc4OC)cc3)nc2c1. The van der Waals surface area contributed by atoms with Crippen LogP contribution in [0.5, 0.6) is 5.75 Å². The molecule has 4 aromatic carbocycles. The number of aromatic nitrogens is 1. The van der Waals surface area contributed by atoms with Crippen LogP contribution < -0.4 is 15.4 Å². The summed E-state index contributed by atoms with van der Waals surface area (Å²) in [7, 11) is 1.54. The second-order valence-electron chi connectivity index (χ2n) is 8.06. The maximum absolute atomic E-state index is 12.9. The molecule has 7 heteroatoms. The van der Waals surface area contributed by atoms with Crippen molar-refractivity contribution >= 4 is 50.8 Å². The van der Waals surface area contributed by atoms with Crippen LogP contribution in [0.1, 0.15) is 22.8 Å². The Morgan fingerprint density at radius 3 is 2.46 bits per heavy atom. The standard InChI is InChI=1S/C28H23N3O3S/c1-3-17-8-13-24-23(14-17)30-27(34-24)18-9-11-21(12-10-18)29-28(35)31-26(32)22-15-19-6-4-5-7-20(19)16-25(22)33-2/h4-16H,3H2,1-2H3,(H2,29,31,32,35). The van der Waals surface area contributed by atoms with Crippen LogP contribution in [-0.4, -0.2) is 23.1 Å². The molecule has 35 heavy (non-hydrogen) atoms. The second-order valence-corrected chi connectivity index (χ2v) is 8.47. The Morgan fingerprint density at radius 2 is 1.74 bits per heavy atom. The molecular weight excluding hydrogens is 458 g/mol. The minimum atomic E-state index is -0.348. The molecule has 0 atom stereocenters. The molecule has 0 aliphatic carbocycles. The predicted octanol–water partition coefficient (Wildman–Crippen LogP) is 6.35. The largest absolute Gasteiger partial charge is 0.496 e. The van der Waals surface area contributed by atoms with Crippen LogP contribution in [-0.2, 0) is 6.42 Å². The Kier molecular flexibility index (Phi) is 6.16. The van der Waals surface area contributed by atoms with Gasteiger partial charge in [-0.05, 0) is 83.5 Å². The van der Waals surface area contributed by atoms with Gasteiger partial charge < -0.3 is 14.5 Å². The number of fused-ring (bicyclic) bond motifs is 2. The highest BCUT2D eigenvalue weighted by molar-refractivity contribution is 7.80. The summed E-state index contributed by atoms with van der Waals surface area (Å²) < 4.78 is 11.3. The minimum Gasteiger partial charge on any atom is -0.496 e. The van der Waals surface area contributed by atoms with Gasteiger partial charge >= 0.3 is 0 Å². The van der Waals surface area contributed by atoms with Crippen LogP contribution in [0.15, 0.2) is 83.3 Å². The van der Waals surface area contributed by atoms with Crippen LogP contribution in [0.4, 0.5) is 5.69 Å². The zero-order chi connectivity index (χ0) is 24.4. The van der Waals surface area contributed by atoms with Crippen molar-refractivity contribution in [1.82, 2.24) is 10.3 Å². The molecule has 0 radical (unpaired) electrons. The summed E-state index contributed by atoms with van der Waals surface area (Å²) in [6.45, 7) is 2.11. The summed E-state index contributed by atoms with van der Waals surface area (Å²) in [4.78, 5) is 17.5. The molecule has 1 aromatic heterocycles. The van der Waals surface area contributed by atoms with Crippen molar-refractivity contribution in [3.8, 4) is 17.2 Å². The summed E-state index contributed by atoms with van der Waals surface area (Å²) in [6, 6.07) is 25.0. The first-order valence-corrected chi connectivity index (χ1v) is 11.6. The van der Waals surface area contributed by atoms with E-state index in [0.29, 0.717) is 17.2 Å². The fourth-order valence-electron chi connectivity index (χ4n) is 3.91. The molecule has 1 heterocycles. The van der Waals surface area contributed by atoms with Crippen LogP contribution in [0.2, 0.25) is 0 Å². The van der Waals surface area contributed by atoms with Gasteiger partial charge in [0.25, 0.3) is 5.91 Å². The number of aryl methyl sites for hydroxylation is 1. The lowest BCUT2D eigenvalue weighted by molar-refractivity contribution is 0.0975. The molecule has 1 amide bonds. The molecule has 0 aliphatic rings. The van der Waals surface area contributed by atoms with Gasteiger partial charge in [-0.25, -0.2) is 4.98 Å². The topological polar surface area (TPSA) is 76.4 Å². The third-order valence-electron chi connectivity index (χ3n) is 5.79. The van der Waals surface area contributed by atoms with Crippen molar-refractivity contribution < 1.29 is 13.9 Å². The molecule has 5 aromatic rings. The van der Waals surface area contributed by atoms with E-state index >= 15 is 0 Å². The van der Waals surface area contributed by atoms with Gasteiger partial charge in [0, 0.05) is 11.3 Å². The van der Waals surface area contributed by atoms with E-state index in [9.17, 15) is 4.79 Å². The highest BCUT2D eigenvalue weighted by Gasteiger charge is 2.15. The van der Waals surface area contributed by atoms with Crippen LogP contribution >= 0.6 is 12.2 Å². The number of anilines is 1. The zero-order valence-electron chi connectivity index (χ0n) is 19.3. The number of benzene rings is 4. The Bertz CT molecular complexity index is 1560. The summed E-state index contributed by atoms with van der Waals surface area (Å²) in [5, 5.41) is 7.90. The Morgan fingerprint density at radius 1 is 1.00 bits per heavy atom. The van der Waals surface area contributed by atoms with E-state index in [4.69, 9.17) is 21.4 Å². The first kappa shape index (κ1) is 22.6. The summed E-state index contributed by atoms with van der Waals surface area (Å²) in [5.41, 5.74) is 4.80. The minimum absolute atomic E-state index is 0.187. The Hall–Kier alpha value is -4.23. The quantitative estimate of drug-likeness (QED) is 0.285. The third kappa shape index (κ3) is 4.72. The first-order chi connectivity index (χ1) is 17.0. The zero-order valence-corrected chi connectivity index (χ0v) is 20.1. The molecule has 0 saturated heterocycles. The van der Waals surface area contributed by atoms with E-state index in [1.54, 1.807) is 13.2 Å². The number of carbonyl (C=O) groups excluding carboxylic acids is 1. The van der Waals surface area contributed by atoms with Gasteiger partial charge in [-0.2, -0.15) is 0 Å². The van der Waals surface area contributed by atoms with Crippen molar-refractivity contribution in [1.29, 1.82) is 0 Å². The molecule has 0 aliphatic heterocycles. The van der Waals surface area contributed by atoms with Crippen molar-refractivity contribution in [3.63, 3.8) is 0 Å². The molecule has 0 saturated carbocycles. The molecule has 0 fully saturated rings. The molecule has 6 nitrogen and oxygen atoms in total. The Balaban J connectivity index is 1.28. The van der Waals surface area contributed by atoms with Crippen molar-refractivity contribution in [2.75, 3.05) is 12.4 Å².